The number of aliphatic hydroxyl groups is 1. The number of hydrogen-bond acceptors (Lipinski definition) is 6. The van der Waals surface area contributed by atoms with Gasteiger partial charge in [-0.3, -0.25) is 0 Å². The number of thiazole rings is 1. The van der Waals surface area contributed by atoms with Crippen LogP contribution in [0.2, 0.25) is 0 Å². The Morgan fingerprint density at radius 3 is 3.10 bits per heavy atom. The molecule has 0 radical (unpaired) electrons. The molecule has 0 amide bonds. The molecule has 2 aromatic heterocycles. The van der Waals surface area contributed by atoms with Gasteiger partial charge in [-0.25, -0.2) is 9.67 Å². The molecule has 2 N–H and O–H groups in total. The Morgan fingerprint density at radius 2 is 2.33 bits per heavy atom. The molecule has 0 aromatic carbocycles. The summed E-state index contributed by atoms with van der Waals surface area (Å²) in [5, 5.41) is 18.0. The van der Waals surface area contributed by atoms with Crippen LogP contribution in [0.4, 0.5) is 5.13 Å². The van der Waals surface area contributed by atoms with Crippen molar-refractivity contribution in [2.75, 3.05) is 38.1 Å². The lowest BCUT2D eigenvalue weighted by Crippen LogP contribution is -2.39. The Kier molecular flexibility index (Phi) is 4.42. The molecular formula is C14H23N5OS. The van der Waals surface area contributed by atoms with Gasteiger partial charge in [0, 0.05) is 33.3 Å². The predicted octanol–water partition coefficient (Wildman–Crippen LogP) is 1.45. The number of anilines is 1. The highest BCUT2D eigenvalue weighted by Crippen LogP contribution is 2.27. The number of fused-ring (bicyclic) bond motifs is 1. The molecule has 1 unspecified atom stereocenters. The van der Waals surface area contributed by atoms with Gasteiger partial charge in [0.2, 0.25) is 0 Å². The monoisotopic (exact) mass is 309 g/mol. The molecular weight excluding hydrogens is 286 g/mol. The summed E-state index contributed by atoms with van der Waals surface area (Å²) in [5.74, 6) is 0.454. The lowest BCUT2D eigenvalue weighted by molar-refractivity contribution is 0.123. The third-order valence-corrected chi connectivity index (χ3v) is 5.22. The zero-order chi connectivity index (χ0) is 14.8. The van der Waals surface area contributed by atoms with Crippen LogP contribution in [0.1, 0.15) is 18.5 Å². The fourth-order valence-corrected chi connectivity index (χ4v) is 3.94. The summed E-state index contributed by atoms with van der Waals surface area (Å²) in [7, 11) is 1.93. The van der Waals surface area contributed by atoms with Crippen LogP contribution in [-0.4, -0.2) is 57.6 Å². The third kappa shape index (κ3) is 3.20. The van der Waals surface area contributed by atoms with Crippen LogP contribution < -0.4 is 5.32 Å². The Labute approximate surface area is 128 Å². The zero-order valence-electron chi connectivity index (χ0n) is 12.7. The quantitative estimate of drug-likeness (QED) is 0.875. The van der Waals surface area contributed by atoms with Gasteiger partial charge in [0.1, 0.15) is 0 Å². The lowest BCUT2D eigenvalue weighted by atomic mass is 9.99. The van der Waals surface area contributed by atoms with Crippen LogP contribution in [-0.2, 0) is 7.05 Å². The predicted molar refractivity (Wildman–Crippen MR) is 85.9 cm³/mol. The van der Waals surface area contributed by atoms with Gasteiger partial charge in [-0.1, -0.05) is 11.3 Å². The van der Waals surface area contributed by atoms with E-state index in [2.05, 4.69) is 20.3 Å². The summed E-state index contributed by atoms with van der Waals surface area (Å²) >= 11 is 1.67. The number of aromatic nitrogens is 3. The molecule has 7 heteroatoms. The molecule has 0 bridgehead atoms. The lowest BCUT2D eigenvalue weighted by Gasteiger charge is -2.31. The number of aryl methyl sites for hydroxylation is 2. The Bertz CT molecular complexity index is 573. The number of hydrogen-bond donors (Lipinski definition) is 2. The second kappa shape index (κ2) is 6.29. The van der Waals surface area contributed by atoms with E-state index in [4.69, 9.17) is 0 Å². The second-order valence-corrected chi connectivity index (χ2v) is 6.80. The largest absolute Gasteiger partial charge is 0.396 e. The molecule has 1 aliphatic heterocycles. The van der Waals surface area contributed by atoms with Crippen molar-refractivity contribution < 1.29 is 5.11 Å². The third-order valence-electron chi connectivity index (χ3n) is 4.11. The highest BCUT2D eigenvalue weighted by Gasteiger charge is 2.18. The topological polar surface area (TPSA) is 66.2 Å². The molecule has 116 valence electrons. The Morgan fingerprint density at radius 1 is 1.48 bits per heavy atom. The minimum Gasteiger partial charge on any atom is -0.396 e. The number of aliphatic hydroxyl groups excluding tert-OH is 1. The molecule has 1 aliphatic rings. The van der Waals surface area contributed by atoms with Crippen molar-refractivity contribution in [2.24, 2.45) is 13.0 Å². The SMILES string of the molecule is Cc1nn(C)c2nc(NCCN3CCCC(CO)C3)sc12. The molecule has 1 atom stereocenters. The van der Waals surface area contributed by atoms with E-state index in [0.717, 1.165) is 49.1 Å². The molecule has 0 aliphatic carbocycles. The first-order valence-electron chi connectivity index (χ1n) is 7.54. The first-order chi connectivity index (χ1) is 10.2. The number of nitrogens with zero attached hydrogens (tertiary/aromatic N) is 4. The van der Waals surface area contributed by atoms with Crippen LogP contribution in [0.3, 0.4) is 0 Å². The van der Waals surface area contributed by atoms with Gasteiger partial charge in [-0.15, -0.1) is 0 Å². The summed E-state index contributed by atoms with van der Waals surface area (Å²) in [6.45, 7) is 6.39. The highest BCUT2D eigenvalue weighted by atomic mass is 32.1. The fourth-order valence-electron chi connectivity index (χ4n) is 2.98. The summed E-state index contributed by atoms with van der Waals surface area (Å²) in [6, 6.07) is 0. The summed E-state index contributed by atoms with van der Waals surface area (Å²) in [4.78, 5) is 7.02. The van der Waals surface area contributed by atoms with E-state index in [0.29, 0.717) is 12.5 Å². The van der Waals surface area contributed by atoms with Gasteiger partial charge in [-0.2, -0.15) is 5.10 Å². The van der Waals surface area contributed by atoms with Crippen LogP contribution in [0.25, 0.3) is 10.3 Å². The van der Waals surface area contributed by atoms with E-state index >= 15 is 0 Å². The van der Waals surface area contributed by atoms with E-state index in [9.17, 15) is 5.11 Å². The van der Waals surface area contributed by atoms with Gasteiger partial charge in [-0.05, 0) is 32.2 Å². The molecule has 0 saturated carbocycles. The first-order valence-corrected chi connectivity index (χ1v) is 8.36. The molecule has 0 spiro atoms. The van der Waals surface area contributed by atoms with Gasteiger partial charge in [0.25, 0.3) is 0 Å². The van der Waals surface area contributed by atoms with Gasteiger partial charge in [0.05, 0.1) is 10.4 Å². The van der Waals surface area contributed by atoms with E-state index in [-0.39, 0.29) is 0 Å². The van der Waals surface area contributed by atoms with Crippen LogP contribution >= 0.6 is 11.3 Å². The fraction of sp³-hybridized carbons (Fsp3) is 0.714. The van der Waals surface area contributed by atoms with Crippen molar-refractivity contribution in [3.8, 4) is 0 Å². The average Bonchev–Trinajstić information content (AvgIpc) is 3.01. The van der Waals surface area contributed by atoms with Crippen LogP contribution in [0.15, 0.2) is 0 Å². The van der Waals surface area contributed by atoms with Gasteiger partial charge in [0.15, 0.2) is 10.8 Å². The van der Waals surface area contributed by atoms with Crippen molar-refractivity contribution in [3.63, 3.8) is 0 Å². The normalized spacial score (nSPS) is 20.2. The second-order valence-electron chi connectivity index (χ2n) is 5.80. The number of likely N-dealkylation sites (tertiary alicyclic amines) is 1. The van der Waals surface area contributed by atoms with Crippen LogP contribution in [0.5, 0.6) is 0 Å². The Hall–Kier alpha value is -1.18. The smallest absolute Gasteiger partial charge is 0.185 e. The van der Waals surface area contributed by atoms with Gasteiger partial charge < -0.3 is 15.3 Å². The molecule has 1 fully saturated rings. The summed E-state index contributed by atoms with van der Waals surface area (Å²) in [6.07, 6.45) is 2.35. The van der Waals surface area contributed by atoms with E-state index in [1.54, 1.807) is 11.3 Å². The maximum atomic E-state index is 9.26. The maximum absolute atomic E-state index is 9.26. The standard InChI is InChI=1S/C14H23N5OS/c1-10-12-13(18(2)17-10)16-14(21-12)15-5-7-19-6-3-4-11(8-19)9-20/h11,20H,3-9H2,1-2H3,(H,15,16). The van der Waals surface area contributed by atoms with E-state index < -0.39 is 0 Å². The van der Waals surface area contributed by atoms with Crippen molar-refractivity contribution in [1.82, 2.24) is 19.7 Å². The molecule has 1 saturated heterocycles. The number of rotatable bonds is 5. The van der Waals surface area contributed by atoms with Crippen molar-refractivity contribution in [1.29, 1.82) is 0 Å². The minimum absolute atomic E-state index is 0.314. The van der Waals surface area contributed by atoms with Crippen molar-refractivity contribution >= 4 is 26.8 Å². The van der Waals surface area contributed by atoms with Gasteiger partial charge >= 0.3 is 0 Å². The van der Waals surface area contributed by atoms with Crippen molar-refractivity contribution in [2.45, 2.75) is 19.8 Å². The highest BCUT2D eigenvalue weighted by molar-refractivity contribution is 7.22. The average molecular weight is 309 g/mol. The van der Waals surface area contributed by atoms with E-state index in [1.807, 2.05) is 18.7 Å². The van der Waals surface area contributed by atoms with Crippen molar-refractivity contribution in [3.05, 3.63) is 5.69 Å². The number of nitrogens with one attached hydrogen (secondary N) is 1. The molecule has 3 heterocycles. The Balaban J connectivity index is 1.53. The minimum atomic E-state index is 0.314. The summed E-state index contributed by atoms with van der Waals surface area (Å²) < 4.78 is 3.00. The first kappa shape index (κ1) is 14.7. The summed E-state index contributed by atoms with van der Waals surface area (Å²) in [5.41, 5.74) is 2.00. The molecule has 21 heavy (non-hydrogen) atoms. The van der Waals surface area contributed by atoms with Crippen LogP contribution in [0, 0.1) is 12.8 Å². The zero-order valence-corrected chi connectivity index (χ0v) is 13.5. The van der Waals surface area contributed by atoms with E-state index in [1.165, 1.54) is 11.1 Å². The molecule has 6 nitrogen and oxygen atoms in total. The molecule has 3 rings (SSSR count). The maximum Gasteiger partial charge on any atom is 0.185 e. The molecule has 2 aromatic rings. The number of piperidine rings is 1.